The maximum atomic E-state index is 6.09. The van der Waals surface area contributed by atoms with E-state index < -0.39 is 0 Å². The van der Waals surface area contributed by atoms with Gasteiger partial charge in [0, 0.05) is 33.4 Å². The van der Waals surface area contributed by atoms with Crippen LogP contribution in [0.5, 0.6) is 0 Å². The van der Waals surface area contributed by atoms with Crippen LogP contribution in [0.3, 0.4) is 0 Å². The molecule has 5 rings (SSSR count). The molecule has 5 heteroatoms. The lowest BCUT2D eigenvalue weighted by molar-refractivity contribution is -0.0317. The molecule has 0 atom stereocenters. The van der Waals surface area contributed by atoms with Crippen LogP contribution in [0.25, 0.3) is 10.9 Å². The van der Waals surface area contributed by atoms with Crippen LogP contribution in [0.15, 0.2) is 30.5 Å². The van der Waals surface area contributed by atoms with Crippen molar-refractivity contribution in [3.05, 3.63) is 35.5 Å². The zero-order chi connectivity index (χ0) is 12.4. The average Bonchev–Trinajstić information content (AvgIpc) is 2.25. The molecule has 1 aromatic carbocycles. The van der Waals surface area contributed by atoms with Gasteiger partial charge < -0.3 is 11.1 Å². The summed E-state index contributed by atoms with van der Waals surface area (Å²) in [7, 11) is 0. The van der Waals surface area contributed by atoms with Gasteiger partial charge in [-0.15, -0.1) is 12.4 Å². The second-order valence-electron chi connectivity index (χ2n) is 5.82. The first kappa shape index (κ1) is 13.0. The first-order chi connectivity index (χ1) is 8.58. The molecule has 2 aromatic rings. The standard InChI is InChI=1S/C14H14ClN3.ClH/c15-9-1-2-10-11(3-4-17-12(10)5-9)18-14-6-13(16,7-14)8-14;/h1-5H,6-8,16H2,(H,17,18);1H. The van der Waals surface area contributed by atoms with E-state index in [4.69, 9.17) is 17.3 Å². The summed E-state index contributed by atoms with van der Waals surface area (Å²) in [6, 6.07) is 7.86. The Morgan fingerprint density at radius 2 is 1.95 bits per heavy atom. The molecule has 1 aromatic heterocycles. The molecule has 0 saturated heterocycles. The average molecular weight is 296 g/mol. The predicted octanol–water partition coefficient (Wildman–Crippen LogP) is 3.36. The van der Waals surface area contributed by atoms with Gasteiger partial charge in [-0.25, -0.2) is 0 Å². The molecule has 2 bridgehead atoms. The third kappa shape index (κ3) is 1.88. The quantitative estimate of drug-likeness (QED) is 0.893. The first-order valence-electron chi connectivity index (χ1n) is 6.19. The fourth-order valence-corrected chi connectivity index (χ4v) is 3.68. The van der Waals surface area contributed by atoms with Gasteiger partial charge in [0.05, 0.1) is 5.52 Å². The number of hydrogen-bond donors (Lipinski definition) is 2. The lowest BCUT2D eigenvalue weighted by Gasteiger charge is -2.69. The van der Waals surface area contributed by atoms with Crippen LogP contribution in [-0.4, -0.2) is 16.1 Å². The normalized spacial score (nSPS) is 31.1. The molecular formula is C14H15Cl2N3. The third-order valence-corrected chi connectivity index (χ3v) is 4.41. The molecule has 0 amide bonds. The Kier molecular flexibility index (Phi) is 2.72. The number of halogens is 2. The highest BCUT2D eigenvalue weighted by Crippen LogP contribution is 2.60. The molecular weight excluding hydrogens is 281 g/mol. The minimum Gasteiger partial charge on any atom is -0.379 e. The maximum absolute atomic E-state index is 6.09. The number of anilines is 1. The molecule has 100 valence electrons. The molecule has 0 radical (unpaired) electrons. The fraction of sp³-hybridized carbons (Fsp3) is 0.357. The number of nitrogens with one attached hydrogen (secondary N) is 1. The van der Waals surface area contributed by atoms with E-state index in [0.29, 0.717) is 0 Å². The van der Waals surface area contributed by atoms with Gasteiger partial charge in [-0.3, -0.25) is 4.98 Å². The highest BCUT2D eigenvalue weighted by molar-refractivity contribution is 6.31. The maximum Gasteiger partial charge on any atom is 0.0737 e. The Hall–Kier alpha value is -1.03. The van der Waals surface area contributed by atoms with Crippen molar-refractivity contribution < 1.29 is 0 Å². The molecule has 0 unspecified atom stereocenters. The van der Waals surface area contributed by atoms with Crippen molar-refractivity contribution in [1.29, 1.82) is 0 Å². The Morgan fingerprint density at radius 1 is 1.21 bits per heavy atom. The van der Waals surface area contributed by atoms with E-state index in [2.05, 4.69) is 10.3 Å². The lowest BCUT2D eigenvalue weighted by Crippen LogP contribution is -2.79. The fourth-order valence-electron chi connectivity index (χ4n) is 3.51. The van der Waals surface area contributed by atoms with E-state index in [1.165, 1.54) is 0 Å². The molecule has 3 fully saturated rings. The first-order valence-corrected chi connectivity index (χ1v) is 6.57. The van der Waals surface area contributed by atoms with Gasteiger partial charge in [-0.1, -0.05) is 11.6 Å². The number of hydrogen-bond acceptors (Lipinski definition) is 3. The van der Waals surface area contributed by atoms with Crippen molar-refractivity contribution in [2.24, 2.45) is 5.73 Å². The van der Waals surface area contributed by atoms with Gasteiger partial charge in [0.1, 0.15) is 0 Å². The van der Waals surface area contributed by atoms with Gasteiger partial charge in [-0.2, -0.15) is 0 Å². The van der Waals surface area contributed by atoms with Crippen LogP contribution in [0.1, 0.15) is 19.3 Å². The number of nitrogens with two attached hydrogens (primary N) is 1. The number of nitrogens with zero attached hydrogens (tertiary/aromatic N) is 1. The van der Waals surface area contributed by atoms with Crippen LogP contribution in [0, 0.1) is 0 Å². The minimum absolute atomic E-state index is 0. The predicted molar refractivity (Wildman–Crippen MR) is 81.1 cm³/mol. The van der Waals surface area contributed by atoms with Crippen molar-refractivity contribution in [2.75, 3.05) is 5.32 Å². The monoisotopic (exact) mass is 295 g/mol. The van der Waals surface area contributed by atoms with Gasteiger partial charge in [0.15, 0.2) is 0 Å². The number of aromatic nitrogens is 1. The summed E-state index contributed by atoms with van der Waals surface area (Å²) < 4.78 is 0. The molecule has 3 nitrogen and oxygen atoms in total. The highest BCUT2D eigenvalue weighted by atomic mass is 35.5. The van der Waals surface area contributed by atoms with E-state index in [1.54, 1.807) is 0 Å². The van der Waals surface area contributed by atoms with E-state index in [-0.39, 0.29) is 23.5 Å². The third-order valence-electron chi connectivity index (χ3n) is 4.18. The summed E-state index contributed by atoms with van der Waals surface area (Å²) in [5, 5.41) is 5.49. The zero-order valence-corrected chi connectivity index (χ0v) is 11.9. The number of benzene rings is 1. The Morgan fingerprint density at radius 3 is 2.63 bits per heavy atom. The van der Waals surface area contributed by atoms with Crippen LogP contribution in [0.2, 0.25) is 5.02 Å². The molecule has 19 heavy (non-hydrogen) atoms. The molecule has 3 aliphatic carbocycles. The van der Waals surface area contributed by atoms with Crippen LogP contribution < -0.4 is 11.1 Å². The number of pyridine rings is 1. The molecule has 0 aliphatic heterocycles. The smallest absolute Gasteiger partial charge is 0.0737 e. The highest BCUT2D eigenvalue weighted by Gasteiger charge is 2.66. The Balaban J connectivity index is 0.00000110. The summed E-state index contributed by atoms with van der Waals surface area (Å²) >= 11 is 5.99. The lowest BCUT2D eigenvalue weighted by atomic mass is 9.44. The van der Waals surface area contributed by atoms with Gasteiger partial charge in [0.25, 0.3) is 0 Å². The Labute approximate surface area is 122 Å². The molecule has 0 spiro atoms. The largest absolute Gasteiger partial charge is 0.379 e. The van der Waals surface area contributed by atoms with Gasteiger partial charge in [-0.05, 0) is 43.5 Å². The van der Waals surface area contributed by atoms with Crippen LogP contribution >= 0.6 is 24.0 Å². The van der Waals surface area contributed by atoms with E-state index in [0.717, 1.165) is 40.9 Å². The summed E-state index contributed by atoms with van der Waals surface area (Å²) in [6.07, 6.45) is 5.07. The summed E-state index contributed by atoms with van der Waals surface area (Å²) in [5.41, 5.74) is 8.52. The van der Waals surface area contributed by atoms with Crippen molar-refractivity contribution in [3.8, 4) is 0 Å². The molecule has 1 heterocycles. The van der Waals surface area contributed by atoms with Gasteiger partial charge >= 0.3 is 0 Å². The summed E-state index contributed by atoms with van der Waals surface area (Å²) in [6.45, 7) is 0. The van der Waals surface area contributed by atoms with Crippen LogP contribution in [0.4, 0.5) is 5.69 Å². The Bertz CT molecular complexity index is 636. The molecule has 3 aliphatic rings. The molecule has 3 saturated carbocycles. The molecule has 3 N–H and O–H groups in total. The van der Waals surface area contributed by atoms with Crippen molar-refractivity contribution in [3.63, 3.8) is 0 Å². The van der Waals surface area contributed by atoms with Crippen molar-refractivity contribution in [2.45, 2.75) is 30.3 Å². The second kappa shape index (κ2) is 3.98. The van der Waals surface area contributed by atoms with E-state index >= 15 is 0 Å². The van der Waals surface area contributed by atoms with Crippen molar-refractivity contribution >= 4 is 40.6 Å². The zero-order valence-electron chi connectivity index (χ0n) is 10.3. The summed E-state index contributed by atoms with van der Waals surface area (Å²) in [5.74, 6) is 0. The van der Waals surface area contributed by atoms with E-state index in [9.17, 15) is 0 Å². The topological polar surface area (TPSA) is 50.9 Å². The summed E-state index contributed by atoms with van der Waals surface area (Å²) in [4.78, 5) is 4.35. The SMILES string of the molecule is Cl.NC12CC(Nc3ccnc4cc(Cl)ccc34)(C1)C2. The van der Waals surface area contributed by atoms with E-state index in [1.807, 2.05) is 30.5 Å². The minimum atomic E-state index is 0. The second-order valence-corrected chi connectivity index (χ2v) is 6.25. The number of rotatable bonds is 2. The van der Waals surface area contributed by atoms with Gasteiger partial charge in [0.2, 0.25) is 0 Å². The number of fused-ring (bicyclic) bond motifs is 1. The van der Waals surface area contributed by atoms with Crippen molar-refractivity contribution in [1.82, 2.24) is 4.98 Å². The van der Waals surface area contributed by atoms with Crippen LogP contribution in [-0.2, 0) is 0 Å².